The molecule has 0 N–H and O–H groups in total. The van der Waals surface area contributed by atoms with Gasteiger partial charge in [0.1, 0.15) is 41.9 Å². The maximum atomic E-state index is 13.7. The molecule has 7 heteroatoms. The van der Waals surface area contributed by atoms with Gasteiger partial charge in [0.2, 0.25) is 5.78 Å². The molecule has 0 bridgehead atoms. The summed E-state index contributed by atoms with van der Waals surface area (Å²) in [5.41, 5.74) is -0.380. The zero-order valence-electron chi connectivity index (χ0n) is 15.8. The second kappa shape index (κ2) is 10.2. The van der Waals surface area contributed by atoms with Gasteiger partial charge in [0, 0.05) is 0 Å². The Morgan fingerprint density at radius 3 is 2.27 bits per heavy atom. The number of ether oxygens (including phenoxy) is 3. The first kappa shape index (κ1) is 21.0. The van der Waals surface area contributed by atoms with Crippen molar-refractivity contribution >= 4 is 11.8 Å². The lowest BCUT2D eigenvalue weighted by Crippen LogP contribution is -2.17. The zero-order chi connectivity index (χ0) is 21.3. The van der Waals surface area contributed by atoms with E-state index in [1.165, 1.54) is 6.07 Å². The predicted octanol–water partition coefficient (Wildman–Crippen LogP) is 4.46. The minimum atomic E-state index is -0.889. The number of ketones is 1. The third-order valence-electron chi connectivity index (χ3n) is 4.02. The summed E-state index contributed by atoms with van der Waals surface area (Å²) in [5.74, 6) is -2.38. The molecule has 0 saturated carbocycles. The normalized spacial score (nSPS) is 10.3. The third-order valence-corrected chi connectivity index (χ3v) is 4.02. The first-order valence-corrected chi connectivity index (χ1v) is 9.09. The van der Waals surface area contributed by atoms with Crippen molar-refractivity contribution < 1.29 is 32.6 Å². The maximum absolute atomic E-state index is 13.7. The predicted molar refractivity (Wildman–Crippen MR) is 105 cm³/mol. The van der Waals surface area contributed by atoms with Gasteiger partial charge in [-0.05, 0) is 42.5 Å². The average Bonchev–Trinajstić information content (AvgIpc) is 2.77. The van der Waals surface area contributed by atoms with Crippen LogP contribution in [0.15, 0.2) is 72.8 Å². The molecule has 0 fully saturated rings. The highest BCUT2D eigenvalue weighted by molar-refractivity contribution is 6.00. The van der Waals surface area contributed by atoms with Crippen LogP contribution in [-0.2, 0) is 4.74 Å². The number of para-hydroxylation sites is 2. The Morgan fingerprint density at radius 1 is 0.767 bits per heavy atom. The summed E-state index contributed by atoms with van der Waals surface area (Å²) >= 11 is 0. The Morgan fingerprint density at radius 2 is 1.47 bits per heavy atom. The van der Waals surface area contributed by atoms with E-state index in [-0.39, 0.29) is 24.5 Å². The molecule has 5 nitrogen and oxygen atoms in total. The molecule has 0 heterocycles. The van der Waals surface area contributed by atoms with E-state index in [0.717, 1.165) is 18.2 Å². The molecule has 3 aromatic carbocycles. The van der Waals surface area contributed by atoms with Gasteiger partial charge in [0.25, 0.3) is 0 Å². The summed E-state index contributed by atoms with van der Waals surface area (Å²) in [6, 6.07) is 18.0. The minimum absolute atomic E-state index is 0.102. The van der Waals surface area contributed by atoms with E-state index in [0.29, 0.717) is 5.75 Å². The molecule has 0 radical (unpaired) electrons. The SMILES string of the molecule is O=C(COC(=O)c1ccccc1OCCOc1ccccc1)c1cc(F)ccc1F. The molecule has 154 valence electrons. The van der Waals surface area contributed by atoms with Crippen LogP contribution in [-0.4, -0.2) is 31.6 Å². The van der Waals surface area contributed by atoms with E-state index in [2.05, 4.69) is 0 Å². The number of carbonyl (C=O) groups excluding carboxylic acids is 2. The summed E-state index contributed by atoms with van der Waals surface area (Å²) in [7, 11) is 0. The van der Waals surface area contributed by atoms with Gasteiger partial charge in [-0.1, -0.05) is 30.3 Å². The lowest BCUT2D eigenvalue weighted by atomic mass is 10.1. The molecule has 0 aliphatic rings. The van der Waals surface area contributed by atoms with Crippen LogP contribution in [0.4, 0.5) is 8.78 Å². The molecular formula is C23H18F2O5. The molecule has 0 aliphatic heterocycles. The number of hydrogen-bond acceptors (Lipinski definition) is 5. The van der Waals surface area contributed by atoms with Crippen molar-refractivity contribution in [2.75, 3.05) is 19.8 Å². The topological polar surface area (TPSA) is 61.8 Å². The van der Waals surface area contributed by atoms with Crippen LogP contribution in [0.2, 0.25) is 0 Å². The van der Waals surface area contributed by atoms with Crippen molar-refractivity contribution in [2.45, 2.75) is 0 Å². The molecule has 0 amide bonds. The van der Waals surface area contributed by atoms with Gasteiger partial charge in [-0.3, -0.25) is 4.79 Å². The Hall–Kier alpha value is -3.74. The average molecular weight is 412 g/mol. The monoisotopic (exact) mass is 412 g/mol. The fourth-order valence-corrected chi connectivity index (χ4v) is 2.59. The Balaban J connectivity index is 1.55. The van der Waals surface area contributed by atoms with Gasteiger partial charge in [0.05, 0.1) is 5.56 Å². The number of hydrogen-bond donors (Lipinski definition) is 0. The van der Waals surface area contributed by atoms with E-state index in [1.807, 2.05) is 30.3 Å². The Bertz CT molecular complexity index is 1020. The minimum Gasteiger partial charge on any atom is -0.490 e. The van der Waals surface area contributed by atoms with E-state index < -0.39 is 35.6 Å². The molecule has 0 aliphatic carbocycles. The lowest BCUT2D eigenvalue weighted by molar-refractivity contribution is 0.0468. The fourth-order valence-electron chi connectivity index (χ4n) is 2.59. The number of rotatable bonds is 9. The van der Waals surface area contributed by atoms with Crippen molar-refractivity contribution in [1.29, 1.82) is 0 Å². The zero-order valence-corrected chi connectivity index (χ0v) is 15.8. The molecule has 0 spiro atoms. The highest BCUT2D eigenvalue weighted by Crippen LogP contribution is 2.20. The number of esters is 1. The van der Waals surface area contributed by atoms with Crippen molar-refractivity contribution in [3.05, 3.63) is 95.6 Å². The second-order valence-electron chi connectivity index (χ2n) is 6.13. The molecular weight excluding hydrogens is 394 g/mol. The standard InChI is InChI=1S/C23H18F2O5/c24-16-10-11-20(25)19(14-16)21(26)15-30-23(27)18-8-4-5-9-22(18)29-13-12-28-17-6-2-1-3-7-17/h1-11,14H,12-13,15H2. The van der Waals surface area contributed by atoms with Crippen LogP contribution in [0.3, 0.4) is 0 Å². The van der Waals surface area contributed by atoms with Crippen LogP contribution in [0, 0.1) is 11.6 Å². The van der Waals surface area contributed by atoms with Crippen molar-refractivity contribution in [2.24, 2.45) is 0 Å². The summed E-state index contributed by atoms with van der Waals surface area (Å²) in [4.78, 5) is 24.4. The van der Waals surface area contributed by atoms with Crippen molar-refractivity contribution in [3.63, 3.8) is 0 Å². The van der Waals surface area contributed by atoms with E-state index >= 15 is 0 Å². The Labute approximate surface area is 171 Å². The summed E-state index contributed by atoms with van der Waals surface area (Å²) in [5, 5.41) is 0. The molecule has 0 unspecified atom stereocenters. The van der Waals surface area contributed by atoms with E-state index in [4.69, 9.17) is 14.2 Å². The largest absolute Gasteiger partial charge is 0.490 e. The highest BCUT2D eigenvalue weighted by atomic mass is 19.1. The summed E-state index contributed by atoms with van der Waals surface area (Å²) < 4.78 is 43.0. The van der Waals surface area contributed by atoms with Crippen LogP contribution in [0.25, 0.3) is 0 Å². The van der Waals surface area contributed by atoms with Gasteiger partial charge in [-0.15, -0.1) is 0 Å². The van der Waals surface area contributed by atoms with Gasteiger partial charge in [-0.2, -0.15) is 0 Å². The van der Waals surface area contributed by atoms with Crippen LogP contribution in [0.1, 0.15) is 20.7 Å². The molecule has 3 rings (SSSR count). The number of carbonyl (C=O) groups is 2. The third kappa shape index (κ3) is 5.64. The van der Waals surface area contributed by atoms with Gasteiger partial charge >= 0.3 is 5.97 Å². The van der Waals surface area contributed by atoms with Crippen molar-refractivity contribution in [1.82, 2.24) is 0 Å². The molecule has 0 saturated heterocycles. The smallest absolute Gasteiger partial charge is 0.342 e. The summed E-state index contributed by atoms with van der Waals surface area (Å²) in [6.07, 6.45) is 0. The van der Waals surface area contributed by atoms with Crippen molar-refractivity contribution in [3.8, 4) is 11.5 Å². The van der Waals surface area contributed by atoms with Crippen LogP contribution in [0.5, 0.6) is 11.5 Å². The first-order valence-electron chi connectivity index (χ1n) is 9.09. The van der Waals surface area contributed by atoms with Gasteiger partial charge < -0.3 is 14.2 Å². The number of halogens is 2. The molecule has 0 atom stereocenters. The van der Waals surface area contributed by atoms with Crippen LogP contribution >= 0.6 is 0 Å². The maximum Gasteiger partial charge on any atom is 0.342 e. The molecule has 3 aromatic rings. The van der Waals surface area contributed by atoms with E-state index in [1.54, 1.807) is 18.2 Å². The Kier molecular flexibility index (Phi) is 7.10. The van der Waals surface area contributed by atoms with Gasteiger partial charge in [-0.25, -0.2) is 13.6 Å². The second-order valence-corrected chi connectivity index (χ2v) is 6.13. The number of benzene rings is 3. The highest BCUT2D eigenvalue weighted by Gasteiger charge is 2.18. The fraction of sp³-hybridized carbons (Fsp3) is 0.130. The molecule has 0 aromatic heterocycles. The quantitative estimate of drug-likeness (QED) is 0.295. The first-order chi connectivity index (χ1) is 14.5. The molecule has 30 heavy (non-hydrogen) atoms. The summed E-state index contributed by atoms with van der Waals surface area (Å²) in [6.45, 7) is -0.304. The van der Waals surface area contributed by atoms with Gasteiger partial charge in [0.15, 0.2) is 6.61 Å². The van der Waals surface area contributed by atoms with E-state index in [9.17, 15) is 18.4 Å². The number of Topliss-reactive ketones (excluding diaryl/α,β-unsaturated/α-hetero) is 1. The van der Waals surface area contributed by atoms with Crippen LogP contribution < -0.4 is 9.47 Å². The lowest BCUT2D eigenvalue weighted by Gasteiger charge is -2.12.